The largest absolute Gasteiger partial charge is 0.474 e. The summed E-state index contributed by atoms with van der Waals surface area (Å²) in [5.74, 6) is 2.14. The van der Waals surface area contributed by atoms with Gasteiger partial charge < -0.3 is 20.5 Å². The highest BCUT2D eigenvalue weighted by Crippen LogP contribution is 2.38. The van der Waals surface area contributed by atoms with E-state index in [0.717, 1.165) is 68.1 Å². The van der Waals surface area contributed by atoms with Crippen LogP contribution in [0.25, 0.3) is 10.9 Å². The number of hydrogen-bond donors (Lipinski definition) is 3. The molecule has 0 bridgehead atoms. The number of rotatable bonds is 6. The van der Waals surface area contributed by atoms with Gasteiger partial charge in [0.15, 0.2) is 0 Å². The summed E-state index contributed by atoms with van der Waals surface area (Å²) in [6, 6.07) is 0.281. The second kappa shape index (κ2) is 9.43. The van der Waals surface area contributed by atoms with Gasteiger partial charge in [0.25, 0.3) is 0 Å². The van der Waals surface area contributed by atoms with E-state index in [1.165, 1.54) is 0 Å². The second-order valence-electron chi connectivity index (χ2n) is 9.22. The van der Waals surface area contributed by atoms with E-state index in [1.807, 2.05) is 12.4 Å². The van der Waals surface area contributed by atoms with E-state index >= 15 is 0 Å². The summed E-state index contributed by atoms with van der Waals surface area (Å²) in [7, 11) is 0. The van der Waals surface area contributed by atoms with Crippen molar-refractivity contribution in [2.24, 2.45) is 5.92 Å². The predicted molar refractivity (Wildman–Crippen MR) is 119 cm³/mol. The summed E-state index contributed by atoms with van der Waals surface area (Å²) in [5, 5.41) is 17.6. The molecule has 2 aliphatic rings. The number of ether oxygens (including phenoxy) is 1. The molecule has 3 N–H and O–H groups in total. The number of hydrogen-bond acceptors (Lipinski definition) is 7. The molecule has 0 radical (unpaired) electrons. The number of aliphatic hydroxyl groups is 1. The molecule has 0 amide bonds. The maximum absolute atomic E-state index is 9.93. The fourth-order valence-electron chi connectivity index (χ4n) is 4.31. The monoisotopic (exact) mass is 413 g/mol. The number of nitrogens with one attached hydrogen (secondary N) is 2. The third kappa shape index (κ3) is 4.83. The highest BCUT2D eigenvalue weighted by molar-refractivity contribution is 5.86. The molecule has 30 heavy (non-hydrogen) atoms. The fraction of sp³-hybridized carbons (Fsp3) is 0.696. The topological polar surface area (TPSA) is 92.2 Å². The zero-order chi connectivity index (χ0) is 21.1. The molecule has 0 spiro atoms. The van der Waals surface area contributed by atoms with Crippen molar-refractivity contribution in [1.29, 1.82) is 0 Å². The Kier molecular flexibility index (Phi) is 6.68. The molecule has 2 aromatic rings. The lowest BCUT2D eigenvalue weighted by molar-refractivity contribution is 0.122. The lowest BCUT2D eigenvalue weighted by Gasteiger charge is -2.27. The highest BCUT2D eigenvalue weighted by atomic mass is 16.5. The number of aromatic nitrogens is 3. The SMILES string of the molecule is CC(C)C(C)Nc1ncc2c(OC3CCNCC3)ncc([C@H]3CC[C@H](O)CC3)c2n1. The number of piperidine rings is 1. The molecule has 0 aromatic carbocycles. The Labute approximate surface area is 179 Å². The van der Waals surface area contributed by atoms with Crippen molar-refractivity contribution in [1.82, 2.24) is 20.3 Å². The second-order valence-corrected chi connectivity index (χ2v) is 9.22. The Morgan fingerprint density at radius 2 is 1.77 bits per heavy atom. The van der Waals surface area contributed by atoms with Crippen molar-refractivity contribution < 1.29 is 9.84 Å². The van der Waals surface area contributed by atoms with Gasteiger partial charge in [0.1, 0.15) is 6.10 Å². The van der Waals surface area contributed by atoms with Crippen LogP contribution in [0.3, 0.4) is 0 Å². The van der Waals surface area contributed by atoms with Crippen molar-refractivity contribution in [2.75, 3.05) is 18.4 Å². The molecule has 7 nitrogen and oxygen atoms in total. The normalized spacial score (nSPS) is 24.2. The first-order chi connectivity index (χ1) is 14.5. The van der Waals surface area contributed by atoms with Gasteiger partial charge in [0.05, 0.1) is 17.0 Å². The summed E-state index contributed by atoms with van der Waals surface area (Å²) in [4.78, 5) is 14.2. The molecule has 4 rings (SSSR count). The average Bonchev–Trinajstić information content (AvgIpc) is 2.75. The standard InChI is InChI=1S/C23H35N5O2/c1-14(2)15(3)27-23-26-13-20-21(28-23)19(16-4-6-17(29)7-5-16)12-25-22(20)30-18-8-10-24-11-9-18/h12-18,24,29H,4-11H2,1-3H3,(H,26,27,28)/t15?,16-,17-. The summed E-state index contributed by atoms with van der Waals surface area (Å²) < 4.78 is 6.30. The molecule has 1 aliphatic carbocycles. The van der Waals surface area contributed by atoms with Gasteiger partial charge in [0, 0.05) is 24.0 Å². The van der Waals surface area contributed by atoms with Crippen molar-refractivity contribution >= 4 is 16.9 Å². The molecule has 164 valence electrons. The average molecular weight is 414 g/mol. The maximum Gasteiger partial charge on any atom is 0.224 e. The third-order valence-corrected chi connectivity index (χ3v) is 6.67. The number of aliphatic hydroxyl groups excluding tert-OH is 1. The van der Waals surface area contributed by atoms with Gasteiger partial charge in [-0.1, -0.05) is 13.8 Å². The maximum atomic E-state index is 9.93. The van der Waals surface area contributed by atoms with Gasteiger partial charge in [-0.2, -0.15) is 0 Å². The van der Waals surface area contributed by atoms with Gasteiger partial charge in [0.2, 0.25) is 11.8 Å². The van der Waals surface area contributed by atoms with Crippen LogP contribution >= 0.6 is 0 Å². The van der Waals surface area contributed by atoms with Crippen LogP contribution in [0.15, 0.2) is 12.4 Å². The van der Waals surface area contributed by atoms with Crippen LogP contribution in [0.5, 0.6) is 5.88 Å². The van der Waals surface area contributed by atoms with Gasteiger partial charge in [-0.05, 0) is 70.4 Å². The molecule has 2 fully saturated rings. The van der Waals surface area contributed by atoms with Gasteiger partial charge in [-0.25, -0.2) is 15.0 Å². The summed E-state index contributed by atoms with van der Waals surface area (Å²) in [6.45, 7) is 8.48. The number of pyridine rings is 1. The number of anilines is 1. The van der Waals surface area contributed by atoms with Crippen LogP contribution in [0.4, 0.5) is 5.95 Å². The molecular weight excluding hydrogens is 378 g/mol. The molecule has 1 atom stereocenters. The minimum absolute atomic E-state index is 0.177. The van der Waals surface area contributed by atoms with Crippen molar-refractivity contribution in [2.45, 2.75) is 83.5 Å². The van der Waals surface area contributed by atoms with E-state index in [-0.39, 0.29) is 18.2 Å². The Hall–Kier alpha value is -1.99. The van der Waals surface area contributed by atoms with E-state index in [2.05, 4.69) is 36.4 Å². The van der Waals surface area contributed by atoms with Gasteiger partial charge in [-0.15, -0.1) is 0 Å². The molecule has 1 aliphatic heterocycles. The number of fused-ring (bicyclic) bond motifs is 1. The molecular formula is C23H35N5O2. The van der Waals surface area contributed by atoms with E-state index < -0.39 is 0 Å². The molecule has 1 saturated carbocycles. The van der Waals surface area contributed by atoms with Crippen LogP contribution in [0.2, 0.25) is 0 Å². The molecule has 2 aromatic heterocycles. The van der Waals surface area contributed by atoms with Gasteiger partial charge in [-0.3, -0.25) is 0 Å². The molecule has 7 heteroatoms. The minimum Gasteiger partial charge on any atom is -0.474 e. The zero-order valence-electron chi connectivity index (χ0n) is 18.4. The van der Waals surface area contributed by atoms with Crippen molar-refractivity contribution in [3.05, 3.63) is 18.0 Å². The summed E-state index contributed by atoms with van der Waals surface area (Å²) >= 11 is 0. The van der Waals surface area contributed by atoms with Crippen molar-refractivity contribution in [3.8, 4) is 5.88 Å². The van der Waals surface area contributed by atoms with E-state index in [4.69, 9.17) is 14.7 Å². The fourth-order valence-corrected chi connectivity index (χ4v) is 4.31. The predicted octanol–water partition coefficient (Wildman–Crippen LogP) is 3.63. The first kappa shape index (κ1) is 21.2. The smallest absolute Gasteiger partial charge is 0.224 e. The van der Waals surface area contributed by atoms with E-state index in [0.29, 0.717) is 23.7 Å². The Morgan fingerprint density at radius 3 is 2.47 bits per heavy atom. The number of nitrogens with zero attached hydrogens (tertiary/aromatic N) is 3. The first-order valence-electron chi connectivity index (χ1n) is 11.5. The Bertz CT molecular complexity index is 845. The summed E-state index contributed by atoms with van der Waals surface area (Å²) in [6.07, 6.45) is 9.36. The highest BCUT2D eigenvalue weighted by Gasteiger charge is 2.26. The molecule has 1 unspecified atom stereocenters. The molecule has 1 saturated heterocycles. The lowest BCUT2D eigenvalue weighted by Crippen LogP contribution is -2.34. The Morgan fingerprint density at radius 1 is 1.03 bits per heavy atom. The van der Waals surface area contributed by atoms with Crippen LogP contribution < -0.4 is 15.4 Å². The van der Waals surface area contributed by atoms with Crippen LogP contribution in [-0.2, 0) is 0 Å². The zero-order valence-corrected chi connectivity index (χ0v) is 18.4. The van der Waals surface area contributed by atoms with Crippen LogP contribution in [0.1, 0.15) is 70.8 Å². The van der Waals surface area contributed by atoms with E-state index in [1.54, 1.807) is 0 Å². The minimum atomic E-state index is -0.179. The van der Waals surface area contributed by atoms with Crippen LogP contribution in [0, 0.1) is 5.92 Å². The van der Waals surface area contributed by atoms with Crippen molar-refractivity contribution in [3.63, 3.8) is 0 Å². The van der Waals surface area contributed by atoms with Crippen LogP contribution in [-0.4, -0.2) is 51.4 Å². The quantitative estimate of drug-likeness (QED) is 0.666. The molecule has 3 heterocycles. The third-order valence-electron chi connectivity index (χ3n) is 6.67. The summed E-state index contributed by atoms with van der Waals surface area (Å²) in [5.41, 5.74) is 2.08. The Balaban J connectivity index is 1.68. The van der Waals surface area contributed by atoms with E-state index in [9.17, 15) is 5.11 Å². The van der Waals surface area contributed by atoms with Gasteiger partial charge >= 0.3 is 0 Å². The lowest BCUT2D eigenvalue weighted by atomic mass is 9.83. The first-order valence-corrected chi connectivity index (χ1v) is 11.5.